The molecule has 3 rings (SSSR count). The Bertz CT molecular complexity index is 690. The summed E-state index contributed by atoms with van der Waals surface area (Å²) >= 11 is 0. The minimum atomic E-state index is -0.854. The van der Waals surface area contributed by atoms with E-state index in [1.807, 2.05) is 24.3 Å². The van der Waals surface area contributed by atoms with Crippen LogP contribution in [0.25, 0.3) is 0 Å². The van der Waals surface area contributed by atoms with Crippen molar-refractivity contribution in [3.8, 4) is 5.75 Å². The molecule has 6 heteroatoms. The van der Waals surface area contributed by atoms with Gasteiger partial charge in [-0.1, -0.05) is 18.2 Å². The van der Waals surface area contributed by atoms with Crippen LogP contribution in [-0.4, -0.2) is 66.6 Å². The van der Waals surface area contributed by atoms with E-state index in [4.69, 9.17) is 4.74 Å². The van der Waals surface area contributed by atoms with Crippen LogP contribution in [0.4, 0.5) is 0 Å². The third-order valence-corrected chi connectivity index (χ3v) is 5.34. The van der Waals surface area contributed by atoms with E-state index in [-0.39, 0.29) is 24.8 Å². The van der Waals surface area contributed by atoms with Crippen LogP contribution >= 0.6 is 0 Å². The van der Waals surface area contributed by atoms with Crippen molar-refractivity contribution in [1.82, 2.24) is 9.80 Å². The van der Waals surface area contributed by atoms with Crippen molar-refractivity contribution in [2.45, 2.75) is 6.42 Å². The zero-order valence-corrected chi connectivity index (χ0v) is 14.5. The molecule has 0 unspecified atom stereocenters. The molecule has 6 nitrogen and oxygen atoms in total. The molecule has 0 aliphatic carbocycles. The van der Waals surface area contributed by atoms with Crippen LogP contribution in [0.5, 0.6) is 5.75 Å². The van der Waals surface area contributed by atoms with Crippen molar-refractivity contribution in [3.63, 3.8) is 0 Å². The first-order valence-corrected chi connectivity index (χ1v) is 8.46. The standard InChI is InChI=1S/C19H24N2O4/c1-3-7-20-10-15-11-21(13-19(15,12-20)18(23)24)17(22)9-14-5-4-6-16(8-14)25-2/h3-6,8,15H,1,7,9-13H2,2H3,(H,23,24)/t15-,19-/m1/s1. The number of hydrogen-bond acceptors (Lipinski definition) is 4. The summed E-state index contributed by atoms with van der Waals surface area (Å²) in [7, 11) is 1.59. The minimum absolute atomic E-state index is 0.0285. The summed E-state index contributed by atoms with van der Waals surface area (Å²) in [6, 6.07) is 7.41. The number of carboxylic acids is 1. The summed E-state index contributed by atoms with van der Waals surface area (Å²) in [5.74, 6) is -0.149. The van der Waals surface area contributed by atoms with Crippen LogP contribution in [0.3, 0.4) is 0 Å². The SMILES string of the molecule is C=CCN1C[C@@H]2CN(C(=O)Cc3cccc(OC)c3)C[C@]2(C(=O)O)C1. The lowest BCUT2D eigenvalue weighted by atomic mass is 9.81. The van der Waals surface area contributed by atoms with Gasteiger partial charge in [0, 0.05) is 38.6 Å². The fourth-order valence-corrected chi connectivity index (χ4v) is 4.05. The average Bonchev–Trinajstić information content (AvgIpc) is 3.10. The number of nitrogens with zero attached hydrogens (tertiary/aromatic N) is 2. The van der Waals surface area contributed by atoms with Gasteiger partial charge in [0.2, 0.25) is 5.91 Å². The number of carbonyl (C=O) groups excluding carboxylic acids is 1. The highest BCUT2D eigenvalue weighted by molar-refractivity contribution is 5.83. The Morgan fingerprint density at radius 3 is 2.84 bits per heavy atom. The van der Waals surface area contributed by atoms with E-state index in [9.17, 15) is 14.7 Å². The Kier molecular flexibility index (Phi) is 4.81. The highest BCUT2D eigenvalue weighted by atomic mass is 16.5. The van der Waals surface area contributed by atoms with Gasteiger partial charge in [-0.15, -0.1) is 6.58 Å². The van der Waals surface area contributed by atoms with Crippen LogP contribution in [-0.2, 0) is 16.0 Å². The normalized spacial score (nSPS) is 25.6. The van der Waals surface area contributed by atoms with E-state index >= 15 is 0 Å². The minimum Gasteiger partial charge on any atom is -0.497 e. The topological polar surface area (TPSA) is 70.1 Å². The molecule has 0 aromatic heterocycles. The number of amides is 1. The van der Waals surface area contributed by atoms with Crippen LogP contribution in [0.2, 0.25) is 0 Å². The number of likely N-dealkylation sites (tertiary alicyclic amines) is 2. The predicted molar refractivity (Wildman–Crippen MR) is 93.5 cm³/mol. The van der Waals surface area contributed by atoms with E-state index in [0.717, 1.165) is 5.56 Å². The lowest BCUT2D eigenvalue weighted by Crippen LogP contribution is -2.42. The van der Waals surface area contributed by atoms with Gasteiger partial charge < -0.3 is 14.7 Å². The summed E-state index contributed by atoms with van der Waals surface area (Å²) < 4.78 is 5.19. The Hall–Kier alpha value is -2.34. The van der Waals surface area contributed by atoms with Crippen LogP contribution in [0.1, 0.15) is 5.56 Å². The maximum Gasteiger partial charge on any atom is 0.313 e. The first-order valence-electron chi connectivity index (χ1n) is 8.46. The van der Waals surface area contributed by atoms with Crippen molar-refractivity contribution in [2.75, 3.05) is 39.8 Å². The number of carboxylic acid groups (broad SMARTS) is 1. The van der Waals surface area contributed by atoms with Gasteiger partial charge in [0.15, 0.2) is 0 Å². The molecule has 2 fully saturated rings. The molecule has 1 aromatic carbocycles. The fourth-order valence-electron chi connectivity index (χ4n) is 4.05. The summed E-state index contributed by atoms with van der Waals surface area (Å²) in [6.07, 6.45) is 2.05. The fraction of sp³-hybridized carbons (Fsp3) is 0.474. The lowest BCUT2D eigenvalue weighted by molar-refractivity contribution is -0.149. The predicted octanol–water partition coefficient (Wildman–Crippen LogP) is 1.27. The molecular formula is C19H24N2O4. The molecule has 2 atom stereocenters. The number of ether oxygens (including phenoxy) is 1. The molecule has 2 saturated heterocycles. The van der Waals surface area contributed by atoms with Crippen molar-refractivity contribution in [3.05, 3.63) is 42.5 Å². The monoisotopic (exact) mass is 344 g/mol. The molecule has 0 saturated carbocycles. The molecule has 0 bridgehead atoms. The number of methoxy groups -OCH3 is 1. The van der Waals surface area contributed by atoms with Gasteiger partial charge in [0.25, 0.3) is 0 Å². The van der Waals surface area contributed by atoms with Crippen LogP contribution < -0.4 is 4.74 Å². The molecular weight excluding hydrogens is 320 g/mol. The van der Waals surface area contributed by atoms with Gasteiger partial charge in [0.05, 0.1) is 13.5 Å². The zero-order valence-electron chi connectivity index (χ0n) is 14.5. The van der Waals surface area contributed by atoms with Crippen molar-refractivity contribution in [2.24, 2.45) is 11.3 Å². The Labute approximate surface area is 147 Å². The van der Waals surface area contributed by atoms with Crippen molar-refractivity contribution < 1.29 is 19.4 Å². The maximum atomic E-state index is 12.7. The van der Waals surface area contributed by atoms with Gasteiger partial charge in [-0.3, -0.25) is 14.5 Å². The molecule has 0 spiro atoms. The number of benzene rings is 1. The first-order chi connectivity index (χ1) is 12.0. The van der Waals surface area contributed by atoms with E-state index in [0.29, 0.717) is 31.9 Å². The van der Waals surface area contributed by atoms with E-state index < -0.39 is 11.4 Å². The molecule has 25 heavy (non-hydrogen) atoms. The summed E-state index contributed by atoms with van der Waals surface area (Å²) in [4.78, 5) is 28.5. The highest BCUT2D eigenvalue weighted by Gasteiger charge is 2.58. The van der Waals surface area contributed by atoms with E-state index in [2.05, 4.69) is 11.5 Å². The molecule has 2 aliphatic heterocycles. The molecule has 2 aliphatic rings. The zero-order chi connectivity index (χ0) is 18.0. The summed E-state index contributed by atoms with van der Waals surface area (Å²) in [5, 5.41) is 9.81. The number of aliphatic carboxylic acids is 1. The van der Waals surface area contributed by atoms with Gasteiger partial charge >= 0.3 is 5.97 Å². The number of carbonyl (C=O) groups is 2. The third-order valence-electron chi connectivity index (χ3n) is 5.34. The highest BCUT2D eigenvalue weighted by Crippen LogP contribution is 2.42. The second-order valence-electron chi connectivity index (χ2n) is 6.94. The van der Waals surface area contributed by atoms with E-state index in [1.165, 1.54) is 0 Å². The van der Waals surface area contributed by atoms with Crippen molar-refractivity contribution >= 4 is 11.9 Å². The van der Waals surface area contributed by atoms with Crippen LogP contribution in [0, 0.1) is 11.3 Å². The summed E-state index contributed by atoms with van der Waals surface area (Å²) in [6.45, 7) is 6.36. The Morgan fingerprint density at radius 2 is 2.20 bits per heavy atom. The second kappa shape index (κ2) is 6.88. The van der Waals surface area contributed by atoms with Gasteiger partial charge in [-0.05, 0) is 17.7 Å². The molecule has 1 aromatic rings. The number of rotatable bonds is 6. The molecule has 1 N–H and O–H groups in total. The van der Waals surface area contributed by atoms with Crippen LogP contribution in [0.15, 0.2) is 36.9 Å². The van der Waals surface area contributed by atoms with Crippen molar-refractivity contribution in [1.29, 1.82) is 0 Å². The Morgan fingerprint density at radius 1 is 1.40 bits per heavy atom. The lowest BCUT2D eigenvalue weighted by Gasteiger charge is -2.25. The number of fused-ring (bicyclic) bond motifs is 1. The third kappa shape index (κ3) is 3.26. The first kappa shape index (κ1) is 17.5. The van der Waals surface area contributed by atoms with Gasteiger partial charge in [0.1, 0.15) is 11.2 Å². The second-order valence-corrected chi connectivity index (χ2v) is 6.94. The molecule has 2 heterocycles. The molecule has 1 amide bonds. The average molecular weight is 344 g/mol. The molecule has 134 valence electrons. The smallest absolute Gasteiger partial charge is 0.313 e. The Balaban J connectivity index is 1.70. The summed E-state index contributed by atoms with van der Waals surface area (Å²) in [5.41, 5.74) is 0.0200. The quantitative estimate of drug-likeness (QED) is 0.787. The maximum absolute atomic E-state index is 12.7. The largest absolute Gasteiger partial charge is 0.497 e. The van der Waals surface area contributed by atoms with E-state index in [1.54, 1.807) is 18.1 Å². The van der Waals surface area contributed by atoms with Gasteiger partial charge in [-0.25, -0.2) is 0 Å². The van der Waals surface area contributed by atoms with Gasteiger partial charge in [-0.2, -0.15) is 0 Å². The number of hydrogen-bond donors (Lipinski definition) is 1. The molecule has 0 radical (unpaired) electrons.